The fourth-order valence-electron chi connectivity index (χ4n) is 1.72. The summed E-state index contributed by atoms with van der Waals surface area (Å²) in [6, 6.07) is 0. The molecule has 1 unspecified atom stereocenters. The zero-order chi connectivity index (χ0) is 15.6. The Hall–Kier alpha value is -1.06. The molecule has 1 N–H and O–H groups in total. The highest BCUT2D eigenvalue weighted by atomic mass is 16.5. The quantitative estimate of drug-likeness (QED) is 0.752. The van der Waals surface area contributed by atoms with Crippen molar-refractivity contribution in [3.8, 4) is 0 Å². The normalized spacial score (nSPS) is 14.9. The van der Waals surface area contributed by atoms with E-state index in [0.717, 1.165) is 6.42 Å². The van der Waals surface area contributed by atoms with Crippen molar-refractivity contribution in [2.45, 2.75) is 67.9 Å². The molecular formula is C15H28O4. The van der Waals surface area contributed by atoms with E-state index in [9.17, 15) is 14.7 Å². The minimum Gasteiger partial charge on any atom is -0.481 e. The molecule has 112 valence electrons. The third kappa shape index (κ3) is 3.10. The van der Waals surface area contributed by atoms with Crippen molar-refractivity contribution in [1.29, 1.82) is 0 Å². The summed E-state index contributed by atoms with van der Waals surface area (Å²) in [5.41, 5.74) is -2.68. The molecule has 0 saturated heterocycles. The molecule has 0 aliphatic carbocycles. The summed E-state index contributed by atoms with van der Waals surface area (Å²) in [4.78, 5) is 23.8. The third-order valence-corrected chi connectivity index (χ3v) is 5.05. The Morgan fingerprint density at radius 2 is 1.47 bits per heavy atom. The fraction of sp³-hybridized carbons (Fsp3) is 0.867. The van der Waals surface area contributed by atoms with Crippen LogP contribution in [0, 0.1) is 16.2 Å². The molecular weight excluding hydrogens is 244 g/mol. The van der Waals surface area contributed by atoms with Gasteiger partial charge in [-0.1, -0.05) is 20.8 Å². The smallest absolute Gasteiger partial charge is 0.312 e. The van der Waals surface area contributed by atoms with Gasteiger partial charge in [-0.2, -0.15) is 0 Å². The maximum atomic E-state index is 12.3. The molecule has 0 amide bonds. The van der Waals surface area contributed by atoms with Crippen molar-refractivity contribution < 1.29 is 19.4 Å². The summed E-state index contributed by atoms with van der Waals surface area (Å²) in [6.45, 7) is 14.2. The topological polar surface area (TPSA) is 63.6 Å². The number of rotatable bonds is 6. The lowest BCUT2D eigenvalue weighted by Crippen LogP contribution is -2.52. The van der Waals surface area contributed by atoms with Crippen molar-refractivity contribution in [2.75, 3.05) is 0 Å². The highest BCUT2D eigenvalue weighted by molar-refractivity contribution is 5.81. The van der Waals surface area contributed by atoms with Crippen LogP contribution in [0.3, 0.4) is 0 Å². The first-order valence-electron chi connectivity index (χ1n) is 6.76. The molecule has 0 fully saturated rings. The first-order valence-corrected chi connectivity index (χ1v) is 6.76. The minimum absolute atomic E-state index is 0.157. The Bertz CT molecular complexity index is 353. The molecule has 0 aromatic rings. The molecule has 0 bridgehead atoms. The summed E-state index contributed by atoms with van der Waals surface area (Å²) in [5, 5.41) is 9.40. The van der Waals surface area contributed by atoms with Crippen LogP contribution in [0.25, 0.3) is 0 Å². The van der Waals surface area contributed by atoms with Gasteiger partial charge in [-0.15, -0.1) is 0 Å². The van der Waals surface area contributed by atoms with Crippen LogP contribution in [0.4, 0.5) is 0 Å². The van der Waals surface area contributed by atoms with Crippen molar-refractivity contribution >= 4 is 11.9 Å². The van der Waals surface area contributed by atoms with Crippen molar-refractivity contribution in [3.05, 3.63) is 0 Å². The van der Waals surface area contributed by atoms with Gasteiger partial charge in [0.1, 0.15) is 0 Å². The lowest BCUT2D eigenvalue weighted by atomic mass is 9.55. The van der Waals surface area contributed by atoms with Gasteiger partial charge in [-0.25, -0.2) is 0 Å². The maximum Gasteiger partial charge on any atom is 0.312 e. The number of ether oxygens (including phenoxy) is 1. The maximum absolute atomic E-state index is 12.3. The fourth-order valence-corrected chi connectivity index (χ4v) is 1.72. The van der Waals surface area contributed by atoms with Crippen LogP contribution in [0.15, 0.2) is 0 Å². The van der Waals surface area contributed by atoms with Gasteiger partial charge in [0.2, 0.25) is 0 Å². The Morgan fingerprint density at radius 3 is 1.79 bits per heavy atom. The minimum atomic E-state index is -1.04. The van der Waals surface area contributed by atoms with Crippen molar-refractivity contribution in [3.63, 3.8) is 0 Å². The Morgan fingerprint density at radius 1 is 1.05 bits per heavy atom. The molecule has 0 spiro atoms. The van der Waals surface area contributed by atoms with E-state index in [-0.39, 0.29) is 12.1 Å². The molecule has 4 heteroatoms. The molecule has 0 saturated carbocycles. The second-order valence-corrected chi connectivity index (χ2v) is 6.80. The van der Waals surface area contributed by atoms with Crippen molar-refractivity contribution in [2.24, 2.45) is 16.2 Å². The summed E-state index contributed by atoms with van der Waals surface area (Å²) >= 11 is 0. The molecule has 1 atom stereocenters. The zero-order valence-corrected chi connectivity index (χ0v) is 13.5. The molecule has 0 radical (unpaired) electrons. The van der Waals surface area contributed by atoms with E-state index >= 15 is 0 Å². The third-order valence-electron chi connectivity index (χ3n) is 5.05. The monoisotopic (exact) mass is 272 g/mol. The number of hydrogen-bond acceptors (Lipinski definition) is 3. The van der Waals surface area contributed by atoms with E-state index in [1.807, 2.05) is 13.8 Å². The van der Waals surface area contributed by atoms with Crippen molar-refractivity contribution in [1.82, 2.24) is 0 Å². The van der Waals surface area contributed by atoms with Crippen LogP contribution < -0.4 is 0 Å². The molecule has 0 aromatic heterocycles. The first-order chi connectivity index (χ1) is 8.32. The van der Waals surface area contributed by atoms with E-state index in [0.29, 0.717) is 0 Å². The Labute approximate surface area is 116 Å². The standard InChI is InChI=1S/C15H28O4/c1-9-10(2)19-12(18)14(5,6)15(7,8)13(3,4)11(16)17/h10H,9H2,1-8H3,(H,16,17). The lowest BCUT2D eigenvalue weighted by molar-refractivity contribution is -0.179. The van der Waals surface area contributed by atoms with E-state index in [1.54, 1.807) is 41.5 Å². The van der Waals surface area contributed by atoms with Crippen LogP contribution in [-0.2, 0) is 14.3 Å². The molecule has 19 heavy (non-hydrogen) atoms. The van der Waals surface area contributed by atoms with Gasteiger partial charge in [0.25, 0.3) is 0 Å². The first kappa shape index (κ1) is 17.9. The predicted molar refractivity (Wildman–Crippen MR) is 74.8 cm³/mol. The highest BCUT2D eigenvalue weighted by Gasteiger charge is 2.56. The summed E-state index contributed by atoms with van der Waals surface area (Å²) in [5.74, 6) is -1.26. The van der Waals surface area contributed by atoms with Gasteiger partial charge in [-0.3, -0.25) is 9.59 Å². The van der Waals surface area contributed by atoms with Gasteiger partial charge >= 0.3 is 11.9 Å². The van der Waals surface area contributed by atoms with E-state index in [4.69, 9.17) is 4.74 Å². The predicted octanol–water partition coefficient (Wildman–Crippen LogP) is 3.49. The molecule has 4 nitrogen and oxygen atoms in total. The average Bonchev–Trinajstić information content (AvgIpc) is 2.27. The number of hydrogen-bond donors (Lipinski definition) is 1. The van der Waals surface area contributed by atoms with E-state index in [1.165, 1.54) is 0 Å². The van der Waals surface area contributed by atoms with Crippen LogP contribution in [-0.4, -0.2) is 23.1 Å². The van der Waals surface area contributed by atoms with Crippen LogP contribution in [0.1, 0.15) is 61.8 Å². The summed E-state index contributed by atoms with van der Waals surface area (Å²) in [6.07, 6.45) is 0.584. The lowest BCUT2D eigenvalue weighted by Gasteiger charge is -2.48. The van der Waals surface area contributed by atoms with E-state index < -0.39 is 22.2 Å². The zero-order valence-electron chi connectivity index (χ0n) is 13.5. The second kappa shape index (κ2) is 5.51. The van der Waals surface area contributed by atoms with Gasteiger partial charge in [0.15, 0.2) is 0 Å². The Kier molecular flexibility index (Phi) is 5.21. The molecule has 0 aliphatic rings. The number of carboxylic acid groups (broad SMARTS) is 1. The highest BCUT2D eigenvalue weighted by Crippen LogP contribution is 2.52. The largest absolute Gasteiger partial charge is 0.481 e. The van der Waals surface area contributed by atoms with E-state index in [2.05, 4.69) is 0 Å². The average molecular weight is 272 g/mol. The summed E-state index contributed by atoms with van der Waals surface area (Å²) < 4.78 is 5.39. The van der Waals surface area contributed by atoms with Gasteiger partial charge in [0, 0.05) is 0 Å². The number of aliphatic carboxylic acids is 1. The second-order valence-electron chi connectivity index (χ2n) is 6.80. The van der Waals surface area contributed by atoms with Gasteiger partial charge < -0.3 is 9.84 Å². The number of esters is 1. The number of carbonyl (C=O) groups is 2. The Balaban J connectivity index is 5.39. The number of carboxylic acids is 1. The van der Waals surface area contributed by atoms with Crippen LogP contribution >= 0.6 is 0 Å². The summed E-state index contributed by atoms with van der Waals surface area (Å²) in [7, 11) is 0. The molecule has 0 heterocycles. The molecule has 0 rings (SSSR count). The van der Waals surface area contributed by atoms with Gasteiger partial charge in [0.05, 0.1) is 16.9 Å². The SMILES string of the molecule is CCC(C)OC(=O)C(C)(C)C(C)(C)C(C)(C)C(=O)O. The number of carbonyl (C=O) groups excluding carboxylic acids is 1. The van der Waals surface area contributed by atoms with Crippen LogP contribution in [0.2, 0.25) is 0 Å². The van der Waals surface area contributed by atoms with Crippen LogP contribution in [0.5, 0.6) is 0 Å². The van der Waals surface area contributed by atoms with Gasteiger partial charge in [-0.05, 0) is 46.5 Å². The molecule has 0 aliphatic heterocycles. The molecule has 0 aromatic carbocycles.